The summed E-state index contributed by atoms with van der Waals surface area (Å²) in [4.78, 5) is 12.4. The van der Waals surface area contributed by atoms with Crippen molar-refractivity contribution >= 4 is 21.8 Å². The Bertz CT molecular complexity index is 827. The summed E-state index contributed by atoms with van der Waals surface area (Å²) in [5.74, 6) is 0. The largest absolute Gasteiger partial charge is 0.364 e. The van der Waals surface area contributed by atoms with Crippen molar-refractivity contribution < 1.29 is 4.74 Å². The molecule has 3 rings (SSSR count). The Balaban J connectivity index is 2.64. The van der Waals surface area contributed by atoms with E-state index in [1.807, 2.05) is 35.9 Å². The second-order valence-electron chi connectivity index (χ2n) is 4.81. The average Bonchev–Trinajstić information content (AvgIpc) is 2.72. The molecule has 19 heavy (non-hydrogen) atoms. The quantitative estimate of drug-likeness (QED) is 0.706. The molecule has 0 aliphatic carbocycles. The molecule has 0 unspecified atom stereocenters. The number of nitrogens with zero attached hydrogens (tertiary/aromatic N) is 2. The Kier molecular flexibility index (Phi) is 2.68. The molecule has 0 spiro atoms. The van der Waals surface area contributed by atoms with E-state index in [0.29, 0.717) is 12.2 Å². The summed E-state index contributed by atoms with van der Waals surface area (Å²) in [6.07, 6.45) is 1.88. The minimum atomic E-state index is 0.00819. The van der Waals surface area contributed by atoms with Gasteiger partial charge in [0.1, 0.15) is 12.2 Å². The standard InChI is InChI=1S/C15H16N2O2/c1-10-8-16(2)15(18)14-13(10)11-6-4-5-7-12(11)17(14)9-19-3/h4-8H,9H2,1-3H3. The summed E-state index contributed by atoms with van der Waals surface area (Å²) in [5.41, 5.74) is 2.85. The van der Waals surface area contributed by atoms with Gasteiger partial charge in [0.2, 0.25) is 0 Å². The van der Waals surface area contributed by atoms with E-state index < -0.39 is 0 Å². The Labute approximate surface area is 110 Å². The fraction of sp³-hybridized carbons (Fsp3) is 0.267. The van der Waals surface area contributed by atoms with Crippen molar-refractivity contribution in [3.63, 3.8) is 0 Å². The third-order valence-corrected chi connectivity index (χ3v) is 3.53. The van der Waals surface area contributed by atoms with Crippen molar-refractivity contribution in [2.45, 2.75) is 13.7 Å². The molecule has 0 amide bonds. The zero-order valence-electron chi connectivity index (χ0n) is 11.3. The first-order valence-electron chi connectivity index (χ1n) is 6.21. The molecule has 0 aliphatic heterocycles. The summed E-state index contributed by atoms with van der Waals surface area (Å²) >= 11 is 0. The first-order chi connectivity index (χ1) is 9.15. The lowest BCUT2D eigenvalue weighted by molar-refractivity contribution is 0.138. The third kappa shape index (κ3) is 1.60. The summed E-state index contributed by atoms with van der Waals surface area (Å²) in [7, 11) is 3.42. The summed E-state index contributed by atoms with van der Waals surface area (Å²) in [5, 5.41) is 2.13. The molecular weight excluding hydrogens is 240 g/mol. The van der Waals surface area contributed by atoms with Gasteiger partial charge in [0.15, 0.2) is 0 Å². The van der Waals surface area contributed by atoms with E-state index in [2.05, 4.69) is 6.07 Å². The van der Waals surface area contributed by atoms with Crippen LogP contribution in [0.25, 0.3) is 21.8 Å². The van der Waals surface area contributed by atoms with E-state index in [1.165, 1.54) is 0 Å². The monoisotopic (exact) mass is 256 g/mol. The predicted molar refractivity (Wildman–Crippen MR) is 76.4 cm³/mol. The van der Waals surface area contributed by atoms with Crippen molar-refractivity contribution in [3.05, 3.63) is 46.4 Å². The van der Waals surface area contributed by atoms with E-state index in [0.717, 1.165) is 21.9 Å². The highest BCUT2D eigenvalue weighted by Crippen LogP contribution is 2.29. The topological polar surface area (TPSA) is 36.2 Å². The molecule has 98 valence electrons. The Hall–Kier alpha value is -2.07. The minimum Gasteiger partial charge on any atom is -0.364 e. The molecule has 2 heterocycles. The van der Waals surface area contributed by atoms with Crippen molar-refractivity contribution in [1.82, 2.24) is 9.13 Å². The first kappa shape index (κ1) is 12.0. The molecule has 0 bridgehead atoms. The van der Waals surface area contributed by atoms with Crippen LogP contribution in [0, 0.1) is 6.92 Å². The minimum absolute atomic E-state index is 0.00819. The van der Waals surface area contributed by atoms with E-state index >= 15 is 0 Å². The molecule has 4 heteroatoms. The molecule has 0 radical (unpaired) electrons. The molecule has 4 nitrogen and oxygen atoms in total. The fourth-order valence-corrected chi connectivity index (χ4v) is 2.77. The third-order valence-electron chi connectivity index (χ3n) is 3.53. The molecule has 3 aromatic rings. The van der Waals surface area contributed by atoms with Crippen LogP contribution in [-0.4, -0.2) is 16.2 Å². The van der Waals surface area contributed by atoms with Crippen LogP contribution in [0.1, 0.15) is 5.56 Å². The number of ether oxygens (including phenoxy) is 1. The zero-order chi connectivity index (χ0) is 13.6. The number of benzene rings is 1. The van der Waals surface area contributed by atoms with Crippen LogP contribution in [0.5, 0.6) is 0 Å². The number of hydrogen-bond donors (Lipinski definition) is 0. The number of fused-ring (bicyclic) bond motifs is 3. The SMILES string of the molecule is COCn1c2ccccc2c2c(C)cn(C)c(=O)c21. The molecule has 2 aromatic heterocycles. The van der Waals surface area contributed by atoms with Crippen LogP contribution in [0.3, 0.4) is 0 Å². The molecule has 0 aliphatic rings. The van der Waals surface area contributed by atoms with Crippen LogP contribution in [0.2, 0.25) is 0 Å². The van der Waals surface area contributed by atoms with Gasteiger partial charge in [-0.25, -0.2) is 0 Å². The maximum Gasteiger partial charge on any atom is 0.274 e. The number of aryl methyl sites for hydroxylation is 2. The number of hydrogen-bond acceptors (Lipinski definition) is 2. The molecular formula is C15H16N2O2. The van der Waals surface area contributed by atoms with Crippen LogP contribution in [-0.2, 0) is 18.5 Å². The first-order valence-corrected chi connectivity index (χ1v) is 6.21. The number of rotatable bonds is 2. The predicted octanol–water partition coefficient (Wildman–Crippen LogP) is 2.41. The normalized spacial score (nSPS) is 11.5. The molecule has 1 aromatic carbocycles. The summed E-state index contributed by atoms with van der Waals surface area (Å²) in [6, 6.07) is 8.05. The second kappa shape index (κ2) is 4.24. The Morgan fingerprint density at radius 1 is 1.26 bits per heavy atom. The summed E-state index contributed by atoms with van der Waals surface area (Å²) < 4.78 is 8.82. The van der Waals surface area contributed by atoms with E-state index in [-0.39, 0.29) is 5.56 Å². The average molecular weight is 256 g/mol. The van der Waals surface area contributed by atoms with Gasteiger partial charge in [-0.1, -0.05) is 18.2 Å². The number of pyridine rings is 1. The maximum absolute atomic E-state index is 12.4. The van der Waals surface area contributed by atoms with Crippen LogP contribution in [0.4, 0.5) is 0 Å². The van der Waals surface area contributed by atoms with Gasteiger partial charge in [-0.3, -0.25) is 4.79 Å². The van der Waals surface area contributed by atoms with Gasteiger partial charge in [0, 0.05) is 31.1 Å². The second-order valence-corrected chi connectivity index (χ2v) is 4.81. The van der Waals surface area contributed by atoms with Crippen LogP contribution in [0.15, 0.2) is 35.3 Å². The molecule has 0 fully saturated rings. The highest BCUT2D eigenvalue weighted by Gasteiger charge is 2.15. The van der Waals surface area contributed by atoms with Gasteiger partial charge in [-0.05, 0) is 18.6 Å². The van der Waals surface area contributed by atoms with E-state index in [4.69, 9.17) is 4.74 Å². The van der Waals surface area contributed by atoms with Gasteiger partial charge < -0.3 is 13.9 Å². The van der Waals surface area contributed by atoms with Gasteiger partial charge in [0.25, 0.3) is 5.56 Å². The van der Waals surface area contributed by atoms with Crippen LogP contribution >= 0.6 is 0 Å². The van der Waals surface area contributed by atoms with Gasteiger partial charge in [0.05, 0.1) is 5.52 Å². The highest BCUT2D eigenvalue weighted by atomic mass is 16.5. The smallest absolute Gasteiger partial charge is 0.274 e. The van der Waals surface area contributed by atoms with Gasteiger partial charge in [-0.2, -0.15) is 0 Å². The van der Waals surface area contributed by atoms with Crippen LogP contribution < -0.4 is 5.56 Å². The maximum atomic E-state index is 12.4. The lowest BCUT2D eigenvalue weighted by Gasteiger charge is -2.06. The van der Waals surface area contributed by atoms with Crippen molar-refractivity contribution in [2.75, 3.05) is 7.11 Å². The number of aromatic nitrogens is 2. The lowest BCUT2D eigenvalue weighted by atomic mass is 10.1. The summed E-state index contributed by atoms with van der Waals surface area (Å²) in [6.45, 7) is 2.41. The fourth-order valence-electron chi connectivity index (χ4n) is 2.77. The number of methoxy groups -OCH3 is 1. The molecule has 0 atom stereocenters. The Morgan fingerprint density at radius 3 is 2.74 bits per heavy atom. The van der Waals surface area contributed by atoms with Gasteiger partial charge >= 0.3 is 0 Å². The molecule has 0 N–H and O–H groups in total. The van der Waals surface area contributed by atoms with E-state index in [9.17, 15) is 4.79 Å². The van der Waals surface area contributed by atoms with E-state index in [1.54, 1.807) is 18.7 Å². The van der Waals surface area contributed by atoms with Crippen molar-refractivity contribution in [1.29, 1.82) is 0 Å². The molecule has 0 saturated carbocycles. The lowest BCUT2D eigenvalue weighted by Crippen LogP contribution is -2.19. The Morgan fingerprint density at radius 2 is 2.00 bits per heavy atom. The van der Waals surface area contributed by atoms with Gasteiger partial charge in [-0.15, -0.1) is 0 Å². The van der Waals surface area contributed by atoms with Crippen molar-refractivity contribution in [3.8, 4) is 0 Å². The molecule has 0 saturated heterocycles. The highest BCUT2D eigenvalue weighted by molar-refractivity contribution is 6.09. The van der Waals surface area contributed by atoms with Crippen molar-refractivity contribution in [2.24, 2.45) is 7.05 Å². The number of para-hydroxylation sites is 1. The zero-order valence-corrected chi connectivity index (χ0v) is 11.3.